The van der Waals surface area contributed by atoms with Crippen molar-refractivity contribution >= 4 is 35.1 Å². The number of rotatable bonds is 5. The predicted octanol–water partition coefficient (Wildman–Crippen LogP) is 4.55. The van der Waals surface area contributed by atoms with Crippen molar-refractivity contribution in [3.63, 3.8) is 0 Å². The molecule has 3 aliphatic heterocycles. The molecule has 2 N–H and O–H groups in total. The molecule has 8 nitrogen and oxygen atoms in total. The van der Waals surface area contributed by atoms with Crippen LogP contribution in [-0.4, -0.2) is 41.4 Å². The normalized spacial score (nSPS) is 21.3. The van der Waals surface area contributed by atoms with Crippen LogP contribution in [0.4, 0.5) is 16.2 Å². The molecule has 6 rings (SSSR count). The lowest BCUT2D eigenvalue weighted by Gasteiger charge is -2.34. The van der Waals surface area contributed by atoms with E-state index in [4.69, 9.17) is 9.47 Å². The van der Waals surface area contributed by atoms with Gasteiger partial charge < -0.3 is 20.1 Å². The van der Waals surface area contributed by atoms with Gasteiger partial charge in [-0.05, 0) is 55.3 Å². The molecule has 3 amide bonds. The Bertz CT molecular complexity index is 1250. The minimum absolute atomic E-state index is 0.0768. The molecular formula is C26H24N4O4S. The van der Waals surface area contributed by atoms with Crippen molar-refractivity contribution in [2.45, 2.75) is 35.2 Å². The van der Waals surface area contributed by atoms with E-state index in [0.717, 1.165) is 34.9 Å². The van der Waals surface area contributed by atoms with E-state index < -0.39 is 11.3 Å². The second-order valence-corrected chi connectivity index (χ2v) is 9.78. The second-order valence-electron chi connectivity index (χ2n) is 8.65. The Balaban J connectivity index is 1.24. The number of hydrogen-bond acceptors (Lipinski definition) is 6. The minimum atomic E-state index is -0.464. The van der Waals surface area contributed by atoms with E-state index in [0.29, 0.717) is 24.7 Å². The van der Waals surface area contributed by atoms with Gasteiger partial charge in [-0.15, -0.1) is 0 Å². The van der Waals surface area contributed by atoms with E-state index in [1.165, 1.54) is 11.8 Å². The van der Waals surface area contributed by atoms with Crippen LogP contribution in [0, 0.1) is 0 Å². The van der Waals surface area contributed by atoms with E-state index in [1.807, 2.05) is 60.7 Å². The number of anilines is 2. The third-order valence-electron chi connectivity index (χ3n) is 6.41. The first-order valence-corrected chi connectivity index (χ1v) is 12.5. The molecule has 178 valence electrons. The largest absolute Gasteiger partial charge is 0.457 e. The van der Waals surface area contributed by atoms with E-state index in [2.05, 4.69) is 15.6 Å². The molecule has 2 aromatic carbocycles. The minimum Gasteiger partial charge on any atom is -0.457 e. The zero-order valence-electron chi connectivity index (χ0n) is 18.8. The summed E-state index contributed by atoms with van der Waals surface area (Å²) in [6, 6.07) is 18.1. The highest BCUT2D eigenvalue weighted by Gasteiger charge is 2.46. The highest BCUT2D eigenvalue weighted by Crippen LogP contribution is 2.50. The van der Waals surface area contributed by atoms with Gasteiger partial charge in [0.15, 0.2) is 0 Å². The predicted molar refractivity (Wildman–Crippen MR) is 132 cm³/mol. The van der Waals surface area contributed by atoms with Crippen LogP contribution in [0.25, 0.3) is 0 Å². The number of ether oxygens (including phenoxy) is 2. The lowest BCUT2D eigenvalue weighted by atomic mass is 9.99. The summed E-state index contributed by atoms with van der Waals surface area (Å²) in [5.41, 5.74) is 2.33. The van der Waals surface area contributed by atoms with Gasteiger partial charge in [0.25, 0.3) is 0 Å². The first kappa shape index (κ1) is 21.9. The summed E-state index contributed by atoms with van der Waals surface area (Å²) in [5.74, 6) is 1.34. The molecule has 2 unspecified atom stereocenters. The fraction of sp³-hybridized carbons (Fsp3) is 0.269. The van der Waals surface area contributed by atoms with E-state index in [9.17, 15) is 9.59 Å². The number of benzene rings is 2. The Morgan fingerprint density at radius 3 is 2.57 bits per heavy atom. The lowest BCUT2D eigenvalue weighted by Crippen LogP contribution is -2.50. The molecule has 2 atom stereocenters. The van der Waals surface area contributed by atoms with E-state index in [-0.39, 0.29) is 18.0 Å². The summed E-state index contributed by atoms with van der Waals surface area (Å²) in [6.07, 6.45) is 3.29. The molecule has 4 heterocycles. The van der Waals surface area contributed by atoms with E-state index in [1.54, 1.807) is 11.1 Å². The molecule has 3 aliphatic rings. The van der Waals surface area contributed by atoms with Crippen molar-refractivity contribution in [1.29, 1.82) is 0 Å². The van der Waals surface area contributed by atoms with Crippen molar-refractivity contribution in [2.75, 3.05) is 18.1 Å². The van der Waals surface area contributed by atoms with Crippen molar-refractivity contribution in [3.8, 4) is 11.5 Å². The number of urea groups is 1. The Morgan fingerprint density at radius 2 is 1.80 bits per heavy atom. The SMILES string of the molecule is O=C(NC1CCOCC1)C1Sc2nccc3c2C1NC(=O)N3c1ccc(Oc2ccccc2)cc1. The highest BCUT2D eigenvalue weighted by molar-refractivity contribution is 8.01. The van der Waals surface area contributed by atoms with Gasteiger partial charge in [0, 0.05) is 31.0 Å². The van der Waals surface area contributed by atoms with Crippen LogP contribution in [0.2, 0.25) is 0 Å². The molecule has 1 fully saturated rings. The standard InChI is InChI=1S/C26H24N4O4S/c31-24(28-16-11-14-33-15-12-16)23-22-21-20(10-13-27-25(21)35-23)30(26(32)29-22)17-6-8-19(9-7-17)34-18-4-2-1-3-5-18/h1-10,13,16,22-23H,11-12,14-15H2,(H,28,31)(H,29,32). The lowest BCUT2D eigenvalue weighted by molar-refractivity contribution is -0.122. The number of amides is 3. The number of carbonyl (C=O) groups excluding carboxylic acids is 2. The van der Waals surface area contributed by atoms with Crippen molar-refractivity contribution in [2.24, 2.45) is 0 Å². The number of carbonyl (C=O) groups is 2. The third kappa shape index (κ3) is 4.21. The van der Waals surface area contributed by atoms with Crippen LogP contribution >= 0.6 is 11.8 Å². The van der Waals surface area contributed by atoms with Crippen molar-refractivity contribution in [1.82, 2.24) is 15.6 Å². The fourth-order valence-electron chi connectivity index (χ4n) is 4.69. The number of hydrogen-bond donors (Lipinski definition) is 2. The van der Waals surface area contributed by atoms with Crippen LogP contribution in [0.5, 0.6) is 11.5 Å². The number of nitrogens with zero attached hydrogens (tertiary/aromatic N) is 2. The summed E-state index contributed by atoms with van der Waals surface area (Å²) in [5, 5.41) is 6.50. The summed E-state index contributed by atoms with van der Waals surface area (Å²) >= 11 is 1.41. The zero-order valence-corrected chi connectivity index (χ0v) is 19.7. The number of pyridine rings is 1. The molecule has 0 bridgehead atoms. The van der Waals surface area contributed by atoms with Crippen LogP contribution in [0.15, 0.2) is 71.9 Å². The third-order valence-corrected chi connectivity index (χ3v) is 7.69. The second kappa shape index (κ2) is 9.24. The van der Waals surface area contributed by atoms with Crippen LogP contribution < -0.4 is 20.3 Å². The van der Waals surface area contributed by atoms with Crippen LogP contribution in [0.1, 0.15) is 24.4 Å². The summed E-state index contributed by atoms with van der Waals surface area (Å²) < 4.78 is 11.3. The summed E-state index contributed by atoms with van der Waals surface area (Å²) in [7, 11) is 0. The van der Waals surface area contributed by atoms with Gasteiger partial charge in [0.05, 0.1) is 17.4 Å². The van der Waals surface area contributed by atoms with Gasteiger partial charge >= 0.3 is 6.03 Å². The Morgan fingerprint density at radius 1 is 1.06 bits per heavy atom. The Labute approximate surface area is 207 Å². The first-order valence-electron chi connectivity index (χ1n) is 11.6. The van der Waals surface area contributed by atoms with E-state index >= 15 is 0 Å². The Kier molecular flexibility index (Phi) is 5.79. The van der Waals surface area contributed by atoms with Gasteiger partial charge in [-0.1, -0.05) is 30.0 Å². The maximum Gasteiger partial charge on any atom is 0.327 e. The molecule has 0 aliphatic carbocycles. The molecule has 0 radical (unpaired) electrons. The fourth-order valence-corrected chi connectivity index (χ4v) is 5.93. The average molecular weight is 489 g/mol. The summed E-state index contributed by atoms with van der Waals surface area (Å²) in [6.45, 7) is 1.30. The molecule has 9 heteroatoms. The highest BCUT2D eigenvalue weighted by atomic mass is 32.2. The average Bonchev–Trinajstić information content (AvgIpc) is 3.26. The van der Waals surface area contributed by atoms with Crippen LogP contribution in [-0.2, 0) is 9.53 Å². The molecule has 3 aromatic rings. The van der Waals surface area contributed by atoms with Gasteiger partial charge in [-0.25, -0.2) is 9.78 Å². The number of para-hydroxylation sites is 1. The number of nitrogens with one attached hydrogen (secondary N) is 2. The van der Waals surface area contributed by atoms with Crippen molar-refractivity contribution < 1.29 is 19.1 Å². The maximum atomic E-state index is 13.3. The van der Waals surface area contributed by atoms with Gasteiger partial charge in [0.1, 0.15) is 21.8 Å². The molecule has 0 saturated carbocycles. The number of thioether (sulfide) groups is 1. The van der Waals surface area contributed by atoms with Gasteiger partial charge in [-0.2, -0.15) is 0 Å². The monoisotopic (exact) mass is 488 g/mol. The quantitative estimate of drug-likeness (QED) is 0.548. The molecule has 1 aromatic heterocycles. The molecular weight excluding hydrogens is 464 g/mol. The van der Waals surface area contributed by atoms with Gasteiger partial charge in [-0.3, -0.25) is 9.69 Å². The van der Waals surface area contributed by atoms with Crippen LogP contribution in [0.3, 0.4) is 0 Å². The zero-order chi connectivity index (χ0) is 23.8. The topological polar surface area (TPSA) is 92.8 Å². The van der Waals surface area contributed by atoms with Crippen molar-refractivity contribution in [3.05, 3.63) is 72.4 Å². The maximum absolute atomic E-state index is 13.3. The molecule has 1 saturated heterocycles. The molecule has 0 spiro atoms. The molecule has 35 heavy (non-hydrogen) atoms. The van der Waals surface area contributed by atoms with Gasteiger partial charge in [0.2, 0.25) is 5.91 Å². The summed E-state index contributed by atoms with van der Waals surface area (Å²) in [4.78, 5) is 32.6. The number of aromatic nitrogens is 1. The Hall–Kier alpha value is -3.56. The first-order chi connectivity index (χ1) is 17.2. The smallest absolute Gasteiger partial charge is 0.327 e.